The first kappa shape index (κ1) is 15.9. The van der Waals surface area contributed by atoms with Gasteiger partial charge in [-0.05, 0) is 70.1 Å². The van der Waals surface area contributed by atoms with Crippen molar-refractivity contribution < 1.29 is 9.18 Å². The standard InChI is InChI=1S/C16H24FN3O/c1-12(18-2)13-7-9-20(10-8-13)11-16(21)19-15-5-3-14(17)4-6-15/h3-6,12-13,18H,7-11H2,1-2H3,(H,19,21). The van der Waals surface area contributed by atoms with Gasteiger partial charge in [-0.15, -0.1) is 0 Å². The fourth-order valence-corrected chi connectivity index (χ4v) is 2.78. The summed E-state index contributed by atoms with van der Waals surface area (Å²) in [5.74, 6) is 0.349. The molecule has 2 rings (SSSR count). The molecule has 1 amide bonds. The Bertz CT molecular complexity index is 455. The van der Waals surface area contributed by atoms with E-state index < -0.39 is 0 Å². The number of carbonyl (C=O) groups excluding carboxylic acids is 1. The molecule has 1 aromatic rings. The number of rotatable bonds is 5. The highest BCUT2D eigenvalue weighted by molar-refractivity contribution is 5.92. The zero-order valence-corrected chi connectivity index (χ0v) is 12.7. The second-order valence-corrected chi connectivity index (χ2v) is 5.75. The molecule has 0 aliphatic carbocycles. The van der Waals surface area contributed by atoms with Crippen LogP contribution in [0.3, 0.4) is 0 Å². The SMILES string of the molecule is CNC(C)C1CCN(CC(=O)Nc2ccc(F)cc2)CC1. The van der Waals surface area contributed by atoms with E-state index in [0.717, 1.165) is 25.9 Å². The summed E-state index contributed by atoms with van der Waals surface area (Å²) < 4.78 is 12.8. The lowest BCUT2D eigenvalue weighted by molar-refractivity contribution is -0.117. The Kier molecular flexibility index (Phi) is 5.70. The van der Waals surface area contributed by atoms with E-state index in [9.17, 15) is 9.18 Å². The molecule has 1 heterocycles. The Labute approximate surface area is 125 Å². The molecule has 21 heavy (non-hydrogen) atoms. The highest BCUT2D eigenvalue weighted by atomic mass is 19.1. The molecule has 0 radical (unpaired) electrons. The van der Waals surface area contributed by atoms with Gasteiger partial charge in [0.05, 0.1) is 6.54 Å². The van der Waals surface area contributed by atoms with Crippen LogP contribution in [0.4, 0.5) is 10.1 Å². The van der Waals surface area contributed by atoms with Crippen LogP contribution in [0, 0.1) is 11.7 Å². The van der Waals surface area contributed by atoms with Gasteiger partial charge in [-0.3, -0.25) is 9.69 Å². The Morgan fingerprint density at radius 2 is 1.95 bits per heavy atom. The molecular weight excluding hydrogens is 269 g/mol. The lowest BCUT2D eigenvalue weighted by Gasteiger charge is -2.34. The van der Waals surface area contributed by atoms with Gasteiger partial charge in [0, 0.05) is 11.7 Å². The predicted molar refractivity (Wildman–Crippen MR) is 82.7 cm³/mol. The van der Waals surface area contributed by atoms with Crippen molar-refractivity contribution in [3.8, 4) is 0 Å². The molecule has 1 aromatic carbocycles. The third-order valence-corrected chi connectivity index (χ3v) is 4.29. The largest absolute Gasteiger partial charge is 0.325 e. The number of hydrogen-bond donors (Lipinski definition) is 2. The predicted octanol–water partition coefficient (Wildman–Crippen LogP) is 2.08. The van der Waals surface area contributed by atoms with E-state index in [2.05, 4.69) is 22.5 Å². The number of benzene rings is 1. The summed E-state index contributed by atoms with van der Waals surface area (Å²) in [6, 6.07) is 6.38. The Balaban J connectivity index is 1.75. The average molecular weight is 293 g/mol. The minimum absolute atomic E-state index is 0.0401. The van der Waals surface area contributed by atoms with Crippen molar-refractivity contribution in [1.82, 2.24) is 10.2 Å². The molecule has 2 N–H and O–H groups in total. The molecule has 1 fully saturated rings. The fourth-order valence-electron chi connectivity index (χ4n) is 2.78. The number of nitrogens with zero attached hydrogens (tertiary/aromatic N) is 1. The normalized spacial score (nSPS) is 18.4. The van der Waals surface area contributed by atoms with Crippen molar-refractivity contribution >= 4 is 11.6 Å². The number of carbonyl (C=O) groups is 1. The number of amides is 1. The molecule has 1 unspecified atom stereocenters. The topological polar surface area (TPSA) is 44.4 Å². The minimum Gasteiger partial charge on any atom is -0.325 e. The van der Waals surface area contributed by atoms with Gasteiger partial charge in [-0.25, -0.2) is 4.39 Å². The smallest absolute Gasteiger partial charge is 0.238 e. The minimum atomic E-state index is -0.297. The van der Waals surface area contributed by atoms with Gasteiger partial charge in [0.2, 0.25) is 5.91 Å². The van der Waals surface area contributed by atoms with Gasteiger partial charge in [-0.1, -0.05) is 0 Å². The molecule has 116 valence electrons. The van der Waals surface area contributed by atoms with E-state index in [1.807, 2.05) is 7.05 Å². The maximum atomic E-state index is 12.8. The van der Waals surface area contributed by atoms with Crippen LogP contribution in [0.5, 0.6) is 0 Å². The van der Waals surface area contributed by atoms with Crippen molar-refractivity contribution in [1.29, 1.82) is 0 Å². The zero-order valence-electron chi connectivity index (χ0n) is 12.7. The monoisotopic (exact) mass is 293 g/mol. The quantitative estimate of drug-likeness (QED) is 0.873. The number of likely N-dealkylation sites (tertiary alicyclic amines) is 1. The summed E-state index contributed by atoms with van der Waals surface area (Å²) in [7, 11) is 1.99. The molecule has 1 aliphatic rings. The maximum Gasteiger partial charge on any atom is 0.238 e. The van der Waals surface area contributed by atoms with Crippen molar-refractivity contribution in [2.75, 3.05) is 32.0 Å². The second-order valence-electron chi connectivity index (χ2n) is 5.75. The third-order valence-electron chi connectivity index (χ3n) is 4.29. The molecule has 0 aromatic heterocycles. The second kappa shape index (κ2) is 7.52. The van der Waals surface area contributed by atoms with Crippen molar-refractivity contribution in [3.05, 3.63) is 30.1 Å². The van der Waals surface area contributed by atoms with Gasteiger partial charge < -0.3 is 10.6 Å². The maximum absolute atomic E-state index is 12.8. The van der Waals surface area contributed by atoms with E-state index in [0.29, 0.717) is 24.2 Å². The number of anilines is 1. The first-order chi connectivity index (χ1) is 10.1. The van der Waals surface area contributed by atoms with Crippen LogP contribution >= 0.6 is 0 Å². The molecule has 5 heteroatoms. The molecule has 1 atom stereocenters. The molecule has 0 spiro atoms. The van der Waals surface area contributed by atoms with Crippen LogP contribution in [-0.4, -0.2) is 43.5 Å². The van der Waals surface area contributed by atoms with Crippen molar-refractivity contribution in [3.63, 3.8) is 0 Å². The number of halogens is 1. The highest BCUT2D eigenvalue weighted by Gasteiger charge is 2.23. The van der Waals surface area contributed by atoms with Crippen molar-refractivity contribution in [2.45, 2.75) is 25.8 Å². The Hall–Kier alpha value is -1.46. The summed E-state index contributed by atoms with van der Waals surface area (Å²) in [5, 5.41) is 6.10. The van der Waals surface area contributed by atoms with E-state index in [1.165, 1.54) is 12.1 Å². The van der Waals surface area contributed by atoms with Crippen LogP contribution in [0.2, 0.25) is 0 Å². The average Bonchev–Trinajstić information content (AvgIpc) is 2.49. The lowest BCUT2D eigenvalue weighted by atomic mass is 9.90. The summed E-state index contributed by atoms with van der Waals surface area (Å²) in [6.07, 6.45) is 2.23. The molecular formula is C16H24FN3O. The van der Waals surface area contributed by atoms with Crippen LogP contribution in [0.1, 0.15) is 19.8 Å². The number of nitrogens with one attached hydrogen (secondary N) is 2. The van der Waals surface area contributed by atoms with Gasteiger partial charge in [0.15, 0.2) is 0 Å². The third kappa shape index (κ3) is 4.79. The van der Waals surface area contributed by atoms with Gasteiger partial charge in [-0.2, -0.15) is 0 Å². The van der Waals surface area contributed by atoms with E-state index in [-0.39, 0.29) is 11.7 Å². The van der Waals surface area contributed by atoms with Crippen LogP contribution in [0.25, 0.3) is 0 Å². The number of hydrogen-bond acceptors (Lipinski definition) is 3. The van der Waals surface area contributed by atoms with E-state index in [1.54, 1.807) is 12.1 Å². The molecule has 1 saturated heterocycles. The van der Waals surface area contributed by atoms with Crippen LogP contribution in [-0.2, 0) is 4.79 Å². The zero-order chi connectivity index (χ0) is 15.2. The highest BCUT2D eigenvalue weighted by Crippen LogP contribution is 2.20. The molecule has 1 aliphatic heterocycles. The molecule has 0 saturated carbocycles. The van der Waals surface area contributed by atoms with Gasteiger partial charge >= 0.3 is 0 Å². The van der Waals surface area contributed by atoms with Gasteiger partial charge in [0.1, 0.15) is 5.82 Å². The van der Waals surface area contributed by atoms with Crippen molar-refractivity contribution in [2.24, 2.45) is 5.92 Å². The summed E-state index contributed by atoms with van der Waals surface area (Å²) in [5.41, 5.74) is 0.639. The van der Waals surface area contributed by atoms with Crippen LogP contribution in [0.15, 0.2) is 24.3 Å². The van der Waals surface area contributed by atoms with E-state index in [4.69, 9.17) is 0 Å². The summed E-state index contributed by atoms with van der Waals surface area (Å²) in [4.78, 5) is 14.2. The lowest BCUT2D eigenvalue weighted by Crippen LogP contribution is -2.43. The first-order valence-corrected chi connectivity index (χ1v) is 7.53. The van der Waals surface area contributed by atoms with Crippen LogP contribution < -0.4 is 10.6 Å². The number of piperidine rings is 1. The fraction of sp³-hybridized carbons (Fsp3) is 0.562. The first-order valence-electron chi connectivity index (χ1n) is 7.53. The summed E-state index contributed by atoms with van der Waals surface area (Å²) >= 11 is 0. The summed E-state index contributed by atoms with van der Waals surface area (Å²) in [6.45, 7) is 4.51. The molecule has 4 nitrogen and oxygen atoms in total. The van der Waals surface area contributed by atoms with Gasteiger partial charge in [0.25, 0.3) is 0 Å². The van der Waals surface area contributed by atoms with E-state index >= 15 is 0 Å². The Morgan fingerprint density at radius 3 is 2.52 bits per heavy atom. The molecule has 0 bridgehead atoms. The Morgan fingerprint density at radius 1 is 1.33 bits per heavy atom.